The number of rotatable bonds is 8. The molecule has 0 aliphatic heterocycles. The molecule has 0 aliphatic rings. The van der Waals surface area contributed by atoms with Gasteiger partial charge in [-0.3, -0.25) is 0 Å². The minimum absolute atomic E-state index is 0.319. The van der Waals surface area contributed by atoms with Gasteiger partial charge in [0.25, 0.3) is 0 Å². The second-order valence-corrected chi connectivity index (χ2v) is 5.54. The molecule has 2 unspecified atom stereocenters. The van der Waals surface area contributed by atoms with Crippen molar-refractivity contribution >= 4 is 0 Å². The van der Waals surface area contributed by atoms with Crippen LogP contribution in [0, 0.1) is 18.3 Å². The molecule has 0 aliphatic carbocycles. The van der Waals surface area contributed by atoms with Crippen molar-refractivity contribution in [2.24, 2.45) is 17.1 Å². The van der Waals surface area contributed by atoms with Crippen LogP contribution < -0.4 is 5.73 Å². The van der Waals surface area contributed by atoms with Crippen LogP contribution in [0.15, 0.2) is 30.3 Å². The SMILES string of the molecule is [CH2]C(C)C(CCC)(CCN)CCc1ccccc1. The van der Waals surface area contributed by atoms with Crippen LogP contribution in [0.3, 0.4) is 0 Å². The third kappa shape index (κ3) is 4.13. The standard InChI is InChI=1S/C17H28N/c1-4-11-17(13-14-18,15(2)3)12-10-16-8-6-5-7-9-16/h5-9,15H,2,4,10-14,18H2,1,3H3. The Balaban J connectivity index is 2.71. The van der Waals surface area contributed by atoms with Crippen molar-refractivity contribution in [1.29, 1.82) is 0 Å². The monoisotopic (exact) mass is 246 g/mol. The highest BCUT2D eigenvalue weighted by Crippen LogP contribution is 2.40. The molecule has 1 radical (unpaired) electrons. The Morgan fingerprint density at radius 1 is 1.17 bits per heavy atom. The average molecular weight is 246 g/mol. The maximum Gasteiger partial charge on any atom is -0.00719 e. The zero-order valence-corrected chi connectivity index (χ0v) is 12.0. The Labute approximate surface area is 113 Å². The minimum Gasteiger partial charge on any atom is -0.330 e. The van der Waals surface area contributed by atoms with E-state index in [2.05, 4.69) is 51.1 Å². The Bertz CT molecular complexity index is 310. The molecule has 1 rings (SSSR count). The van der Waals surface area contributed by atoms with E-state index in [1.54, 1.807) is 0 Å². The summed E-state index contributed by atoms with van der Waals surface area (Å²) in [5.41, 5.74) is 7.57. The van der Waals surface area contributed by atoms with Gasteiger partial charge in [0.1, 0.15) is 0 Å². The normalized spacial score (nSPS) is 14.7. The predicted octanol–water partition coefficient (Wildman–Crippen LogP) is 4.22. The van der Waals surface area contributed by atoms with Crippen molar-refractivity contribution in [1.82, 2.24) is 0 Å². The lowest BCUT2D eigenvalue weighted by atomic mass is 9.68. The topological polar surface area (TPSA) is 26.0 Å². The van der Waals surface area contributed by atoms with Gasteiger partial charge in [-0.2, -0.15) is 0 Å². The minimum atomic E-state index is 0.319. The molecule has 2 N–H and O–H groups in total. The molecule has 1 aromatic carbocycles. The van der Waals surface area contributed by atoms with Crippen LogP contribution >= 0.6 is 0 Å². The lowest BCUT2D eigenvalue weighted by Gasteiger charge is -2.38. The van der Waals surface area contributed by atoms with E-state index in [9.17, 15) is 0 Å². The smallest absolute Gasteiger partial charge is 0.00719 e. The van der Waals surface area contributed by atoms with Gasteiger partial charge in [-0.15, -0.1) is 0 Å². The summed E-state index contributed by atoms with van der Waals surface area (Å²) in [7, 11) is 0. The molecule has 1 heteroatoms. The quantitative estimate of drug-likeness (QED) is 0.730. The summed E-state index contributed by atoms with van der Waals surface area (Å²) in [6.45, 7) is 9.58. The number of hydrogen-bond donors (Lipinski definition) is 1. The molecule has 0 aromatic heterocycles. The maximum atomic E-state index is 5.82. The first-order valence-electron chi connectivity index (χ1n) is 7.21. The average Bonchev–Trinajstić information content (AvgIpc) is 2.37. The van der Waals surface area contributed by atoms with Crippen LogP contribution in [0.2, 0.25) is 0 Å². The van der Waals surface area contributed by atoms with E-state index in [-0.39, 0.29) is 0 Å². The van der Waals surface area contributed by atoms with Crippen LogP contribution in [0.5, 0.6) is 0 Å². The molecule has 0 amide bonds. The van der Waals surface area contributed by atoms with Crippen molar-refractivity contribution in [3.63, 3.8) is 0 Å². The van der Waals surface area contributed by atoms with Gasteiger partial charge in [0.15, 0.2) is 0 Å². The molecule has 0 heterocycles. The summed E-state index contributed by atoms with van der Waals surface area (Å²) in [6.07, 6.45) is 5.89. The van der Waals surface area contributed by atoms with Gasteiger partial charge in [0.05, 0.1) is 0 Å². The number of hydrogen-bond acceptors (Lipinski definition) is 1. The van der Waals surface area contributed by atoms with Crippen LogP contribution in [-0.2, 0) is 6.42 Å². The van der Waals surface area contributed by atoms with E-state index in [1.807, 2.05) is 0 Å². The van der Waals surface area contributed by atoms with E-state index in [0.717, 1.165) is 19.4 Å². The fourth-order valence-electron chi connectivity index (χ4n) is 2.94. The van der Waals surface area contributed by atoms with Gasteiger partial charge in [-0.1, -0.05) is 50.6 Å². The summed E-state index contributed by atoms with van der Waals surface area (Å²) in [5.74, 6) is 0.463. The van der Waals surface area contributed by atoms with Gasteiger partial charge < -0.3 is 5.73 Å². The Morgan fingerprint density at radius 3 is 2.33 bits per heavy atom. The zero-order valence-electron chi connectivity index (χ0n) is 12.0. The molecule has 2 atom stereocenters. The largest absolute Gasteiger partial charge is 0.330 e. The molecule has 0 fully saturated rings. The summed E-state index contributed by atoms with van der Waals surface area (Å²) >= 11 is 0. The van der Waals surface area contributed by atoms with Gasteiger partial charge in [0, 0.05) is 0 Å². The lowest BCUT2D eigenvalue weighted by Crippen LogP contribution is -2.31. The van der Waals surface area contributed by atoms with E-state index in [1.165, 1.54) is 24.8 Å². The fraction of sp³-hybridized carbons (Fsp3) is 0.588. The molecule has 101 valence electrons. The first-order chi connectivity index (χ1) is 8.64. The highest BCUT2D eigenvalue weighted by atomic mass is 14.5. The Kier molecular flexibility index (Phi) is 6.42. The first kappa shape index (κ1) is 15.2. The van der Waals surface area contributed by atoms with Crippen molar-refractivity contribution in [2.45, 2.75) is 46.0 Å². The van der Waals surface area contributed by atoms with Crippen molar-refractivity contribution in [3.8, 4) is 0 Å². The van der Waals surface area contributed by atoms with Crippen molar-refractivity contribution in [3.05, 3.63) is 42.8 Å². The van der Waals surface area contributed by atoms with Gasteiger partial charge in [0.2, 0.25) is 0 Å². The Hall–Kier alpha value is -0.820. The summed E-state index contributed by atoms with van der Waals surface area (Å²) in [4.78, 5) is 0. The van der Waals surface area contributed by atoms with E-state index in [4.69, 9.17) is 5.73 Å². The third-order valence-electron chi connectivity index (χ3n) is 4.19. The van der Waals surface area contributed by atoms with Crippen LogP contribution in [0.4, 0.5) is 0 Å². The second-order valence-electron chi connectivity index (χ2n) is 5.54. The maximum absolute atomic E-state index is 5.82. The molecule has 0 saturated heterocycles. The van der Waals surface area contributed by atoms with E-state index >= 15 is 0 Å². The number of benzene rings is 1. The summed E-state index contributed by atoms with van der Waals surface area (Å²) in [5, 5.41) is 0. The second kappa shape index (κ2) is 7.58. The predicted molar refractivity (Wildman–Crippen MR) is 80.3 cm³/mol. The summed E-state index contributed by atoms with van der Waals surface area (Å²) < 4.78 is 0. The highest BCUT2D eigenvalue weighted by molar-refractivity contribution is 5.15. The molecule has 0 spiro atoms. The molecular formula is C17H28N. The van der Waals surface area contributed by atoms with Gasteiger partial charge in [-0.05, 0) is 56.0 Å². The van der Waals surface area contributed by atoms with Crippen molar-refractivity contribution < 1.29 is 0 Å². The molecular weight excluding hydrogens is 218 g/mol. The lowest BCUT2D eigenvalue weighted by molar-refractivity contribution is 0.157. The fourth-order valence-corrected chi connectivity index (χ4v) is 2.94. The zero-order chi connectivity index (χ0) is 13.4. The third-order valence-corrected chi connectivity index (χ3v) is 4.19. The summed E-state index contributed by atoms with van der Waals surface area (Å²) in [6, 6.07) is 10.7. The van der Waals surface area contributed by atoms with E-state index < -0.39 is 0 Å². The van der Waals surface area contributed by atoms with Crippen LogP contribution in [-0.4, -0.2) is 6.54 Å². The van der Waals surface area contributed by atoms with Gasteiger partial charge >= 0.3 is 0 Å². The van der Waals surface area contributed by atoms with E-state index in [0.29, 0.717) is 11.3 Å². The molecule has 1 nitrogen and oxygen atoms in total. The molecule has 0 saturated carbocycles. The van der Waals surface area contributed by atoms with Crippen LogP contribution in [0.1, 0.15) is 45.1 Å². The molecule has 18 heavy (non-hydrogen) atoms. The molecule has 1 aromatic rings. The Morgan fingerprint density at radius 2 is 1.83 bits per heavy atom. The number of aryl methyl sites for hydroxylation is 1. The van der Waals surface area contributed by atoms with Crippen LogP contribution in [0.25, 0.3) is 0 Å². The van der Waals surface area contributed by atoms with Gasteiger partial charge in [-0.25, -0.2) is 0 Å². The highest BCUT2D eigenvalue weighted by Gasteiger charge is 2.31. The van der Waals surface area contributed by atoms with Crippen molar-refractivity contribution in [2.75, 3.05) is 6.54 Å². The first-order valence-corrected chi connectivity index (χ1v) is 7.21. The molecule has 0 bridgehead atoms. The number of nitrogens with two attached hydrogens (primary N) is 1.